The minimum Gasteiger partial charge on any atom is -0.458 e. The molecule has 0 unspecified atom stereocenters. The van der Waals surface area contributed by atoms with Crippen molar-refractivity contribution in [2.24, 2.45) is 0 Å². The van der Waals surface area contributed by atoms with Crippen LogP contribution < -0.4 is 18.9 Å². The summed E-state index contributed by atoms with van der Waals surface area (Å²) < 4.78 is 5.23. The van der Waals surface area contributed by atoms with Crippen molar-refractivity contribution < 1.29 is 28.4 Å². The van der Waals surface area contributed by atoms with Gasteiger partial charge in [0.05, 0.1) is 0 Å². The maximum atomic E-state index is 11.5. The second-order valence-electron chi connectivity index (χ2n) is 4.35. The molecule has 0 bridgehead atoms. The zero-order valence-electron chi connectivity index (χ0n) is 9.67. The molecule has 0 aromatic rings. The largest absolute Gasteiger partial charge is 1.00 e. The van der Waals surface area contributed by atoms with Crippen LogP contribution in [0.2, 0.25) is 0 Å². The van der Waals surface area contributed by atoms with E-state index in [4.69, 9.17) is 4.74 Å². The number of ether oxygens (including phenoxy) is 1. The first kappa shape index (κ1) is 13.9. The number of likely N-dealkylation sites (tertiary alicyclic amines) is 1. The molecule has 0 atom stereocenters. The van der Waals surface area contributed by atoms with E-state index in [9.17, 15) is 4.79 Å². The fraction of sp³-hybridized carbons (Fsp3) is 0.800. The molecule has 0 radical (unpaired) electrons. The average Bonchev–Trinajstić information content (AvgIpc) is 2.03. The Bertz CT molecular complexity index is 183. The summed E-state index contributed by atoms with van der Waals surface area (Å²) in [5.41, 5.74) is -0.387. The fourth-order valence-corrected chi connectivity index (χ4v) is 1.25. The fourth-order valence-electron chi connectivity index (χ4n) is 1.25. The Morgan fingerprint density at radius 1 is 1.36 bits per heavy atom. The predicted molar refractivity (Wildman–Crippen MR) is 51.1 cm³/mol. The molecular formula is C10H18LiNO2. The van der Waals surface area contributed by atoms with Crippen LogP contribution in [0.5, 0.6) is 0 Å². The maximum absolute atomic E-state index is 11.5. The molecule has 0 N–H and O–H groups in total. The Balaban J connectivity index is 0.00000169. The number of nitrogens with zero attached hydrogens (tertiary/aromatic N) is 1. The van der Waals surface area contributed by atoms with Crippen LogP contribution in [0.3, 0.4) is 0 Å². The molecule has 4 heteroatoms. The standard InChI is InChI=1S/C10H18NO2.Li/c1-10(2,3)13-9(12)11-7-5-4-6-8-11;/h7H,4-6,8H2,1-3H3;/q-1;+1. The zero-order valence-corrected chi connectivity index (χ0v) is 9.67. The van der Waals surface area contributed by atoms with Crippen molar-refractivity contribution >= 4 is 6.09 Å². The quantitative estimate of drug-likeness (QED) is 0.384. The van der Waals surface area contributed by atoms with E-state index in [-0.39, 0.29) is 30.6 Å². The van der Waals surface area contributed by atoms with Crippen LogP contribution in [-0.2, 0) is 4.74 Å². The van der Waals surface area contributed by atoms with E-state index in [0.717, 1.165) is 19.4 Å². The van der Waals surface area contributed by atoms with Gasteiger partial charge in [0, 0.05) is 0 Å². The summed E-state index contributed by atoms with van der Waals surface area (Å²) in [5.74, 6) is 0. The van der Waals surface area contributed by atoms with Gasteiger partial charge in [-0.1, -0.05) is 6.42 Å². The van der Waals surface area contributed by atoms with Gasteiger partial charge >= 0.3 is 25.0 Å². The van der Waals surface area contributed by atoms with Gasteiger partial charge in [0.2, 0.25) is 0 Å². The average molecular weight is 191 g/mol. The van der Waals surface area contributed by atoms with E-state index in [0.29, 0.717) is 0 Å². The molecule has 0 aliphatic carbocycles. The molecule has 1 aliphatic heterocycles. The van der Waals surface area contributed by atoms with Gasteiger partial charge in [-0.05, 0) is 33.7 Å². The maximum Gasteiger partial charge on any atom is 1.00 e. The molecule has 1 saturated heterocycles. The molecule has 0 aromatic heterocycles. The molecule has 1 aliphatic rings. The first-order chi connectivity index (χ1) is 5.99. The summed E-state index contributed by atoms with van der Waals surface area (Å²) in [7, 11) is 0. The van der Waals surface area contributed by atoms with Gasteiger partial charge in [-0.3, -0.25) is 0 Å². The molecular weight excluding hydrogens is 173 g/mol. The molecule has 1 amide bonds. The monoisotopic (exact) mass is 191 g/mol. The summed E-state index contributed by atoms with van der Waals surface area (Å²) >= 11 is 0. The number of carbonyl (C=O) groups excluding carboxylic acids is 1. The number of rotatable bonds is 0. The van der Waals surface area contributed by atoms with Gasteiger partial charge in [-0.2, -0.15) is 6.42 Å². The number of piperidine rings is 1. The van der Waals surface area contributed by atoms with Gasteiger partial charge in [0.1, 0.15) is 5.60 Å². The van der Waals surface area contributed by atoms with Gasteiger partial charge in [0.25, 0.3) is 0 Å². The second kappa shape index (κ2) is 5.68. The van der Waals surface area contributed by atoms with Crippen molar-refractivity contribution in [1.82, 2.24) is 4.90 Å². The molecule has 1 fully saturated rings. The molecule has 76 valence electrons. The van der Waals surface area contributed by atoms with Crippen LogP contribution in [0.4, 0.5) is 4.79 Å². The van der Waals surface area contributed by atoms with Gasteiger partial charge in [-0.25, -0.2) is 11.3 Å². The number of amides is 1. The summed E-state index contributed by atoms with van der Waals surface area (Å²) in [6, 6.07) is 0. The van der Waals surface area contributed by atoms with E-state index in [1.54, 1.807) is 4.90 Å². The normalized spacial score (nSPS) is 17.2. The first-order valence-electron chi connectivity index (χ1n) is 4.82. The van der Waals surface area contributed by atoms with E-state index in [2.05, 4.69) is 0 Å². The van der Waals surface area contributed by atoms with E-state index >= 15 is 0 Å². The van der Waals surface area contributed by atoms with Crippen molar-refractivity contribution in [3.63, 3.8) is 0 Å². The van der Waals surface area contributed by atoms with E-state index in [1.165, 1.54) is 6.42 Å². The number of carbonyl (C=O) groups is 1. The van der Waals surface area contributed by atoms with Gasteiger partial charge in [-0.15, -0.1) is 0 Å². The zero-order chi connectivity index (χ0) is 9.90. The number of hydrogen-bond acceptors (Lipinski definition) is 2. The number of hydrogen-bond donors (Lipinski definition) is 0. The van der Waals surface area contributed by atoms with Crippen molar-refractivity contribution in [2.45, 2.75) is 45.6 Å². The van der Waals surface area contributed by atoms with Crippen LogP contribution in [0.1, 0.15) is 40.0 Å². The van der Waals surface area contributed by atoms with E-state index < -0.39 is 0 Å². The van der Waals surface area contributed by atoms with Gasteiger partial charge < -0.3 is 9.64 Å². The molecule has 0 saturated carbocycles. The summed E-state index contributed by atoms with van der Waals surface area (Å²) in [6.07, 6.45) is 3.03. The Morgan fingerprint density at radius 3 is 2.43 bits per heavy atom. The van der Waals surface area contributed by atoms with Crippen molar-refractivity contribution in [1.29, 1.82) is 0 Å². The SMILES string of the molecule is CC(C)(C)OC(=O)N1[CH-]CCCC1.[Li+]. The van der Waals surface area contributed by atoms with Crippen LogP contribution in [0.15, 0.2) is 0 Å². The Hall–Kier alpha value is -0.133. The molecule has 14 heavy (non-hydrogen) atoms. The third kappa shape index (κ3) is 4.93. The predicted octanol–water partition coefficient (Wildman–Crippen LogP) is -0.427. The minimum absolute atomic E-state index is 0. The van der Waals surface area contributed by atoms with Crippen molar-refractivity contribution in [2.75, 3.05) is 6.54 Å². The van der Waals surface area contributed by atoms with Crippen LogP contribution in [-0.4, -0.2) is 23.1 Å². The third-order valence-electron chi connectivity index (χ3n) is 1.83. The van der Waals surface area contributed by atoms with Crippen LogP contribution in [0, 0.1) is 6.54 Å². The van der Waals surface area contributed by atoms with Crippen LogP contribution in [0.25, 0.3) is 0 Å². The smallest absolute Gasteiger partial charge is 0.458 e. The molecule has 1 heterocycles. The molecule has 0 spiro atoms. The van der Waals surface area contributed by atoms with Crippen LogP contribution >= 0.6 is 0 Å². The summed E-state index contributed by atoms with van der Waals surface area (Å²) in [6.45, 7) is 8.38. The van der Waals surface area contributed by atoms with Crippen molar-refractivity contribution in [3.05, 3.63) is 6.54 Å². The van der Waals surface area contributed by atoms with E-state index in [1.807, 2.05) is 27.3 Å². The summed E-state index contributed by atoms with van der Waals surface area (Å²) in [4.78, 5) is 13.2. The Kier molecular flexibility index (Phi) is 5.62. The first-order valence-corrected chi connectivity index (χ1v) is 4.82. The molecule has 1 rings (SSSR count). The molecule has 3 nitrogen and oxygen atoms in total. The second-order valence-corrected chi connectivity index (χ2v) is 4.35. The van der Waals surface area contributed by atoms with Gasteiger partial charge in [0.15, 0.2) is 0 Å². The minimum atomic E-state index is -0.387. The Labute approximate surface area is 98.4 Å². The topological polar surface area (TPSA) is 29.5 Å². The van der Waals surface area contributed by atoms with Crippen molar-refractivity contribution in [3.8, 4) is 0 Å². The summed E-state index contributed by atoms with van der Waals surface area (Å²) in [5, 5.41) is 0. The molecule has 0 aromatic carbocycles. The Morgan fingerprint density at radius 2 is 2.00 bits per heavy atom. The third-order valence-corrected chi connectivity index (χ3v) is 1.83.